The molecule has 4 rings (SSSR count). The Hall–Kier alpha value is -2.29. The number of aromatic nitrogens is 2. The van der Waals surface area contributed by atoms with E-state index in [1.807, 2.05) is 37.3 Å². The Morgan fingerprint density at radius 2 is 1.88 bits per heavy atom. The zero-order chi connectivity index (χ0) is 16.8. The normalized spacial score (nSPS) is 32.0. The lowest BCUT2D eigenvalue weighted by molar-refractivity contribution is -0.145. The Balaban J connectivity index is 1.65. The van der Waals surface area contributed by atoms with Crippen molar-refractivity contribution in [2.45, 2.75) is 37.8 Å². The monoisotopic (exact) mass is 333 g/mol. The molecular weight excluding hydrogens is 317 g/mol. The Kier molecular flexibility index (Phi) is 3.60. The van der Waals surface area contributed by atoms with Crippen molar-refractivity contribution in [1.29, 1.82) is 0 Å². The quantitative estimate of drug-likeness (QED) is 0.893. The van der Waals surface area contributed by atoms with Crippen LogP contribution < -0.4 is 11.4 Å². The first-order valence-corrected chi connectivity index (χ1v) is 7.60. The van der Waals surface area contributed by atoms with Crippen LogP contribution in [0.4, 0.5) is 10.2 Å². The summed E-state index contributed by atoms with van der Waals surface area (Å²) in [5.41, 5.74) is 5.50. The first-order valence-electron chi connectivity index (χ1n) is 7.60. The number of rotatable bonds is 2. The maximum atomic E-state index is 13.7. The van der Waals surface area contributed by atoms with Crippen molar-refractivity contribution < 1.29 is 18.6 Å². The van der Waals surface area contributed by atoms with Crippen molar-refractivity contribution in [2.24, 2.45) is 0 Å². The summed E-state index contributed by atoms with van der Waals surface area (Å²) >= 11 is 0. The number of hydrogen-bond acceptors (Lipinski definition) is 6. The van der Waals surface area contributed by atoms with Gasteiger partial charge in [-0.15, -0.1) is 0 Å². The Bertz CT molecular complexity index is 813. The maximum absolute atomic E-state index is 13.7. The lowest BCUT2D eigenvalue weighted by Crippen LogP contribution is -2.34. The standard InChI is InChI=1S/C16H16FN3O4/c1-8-11-12(24-15(23-11)9-5-3-2-4-6-9)14(22-8)20-7-10(17)13(18)19-16(20)21/h2-8,11-12,14-15H,1H3,(H2,18,19,21)/t8-,11-,12-,14-,15?/m1/s1. The van der Waals surface area contributed by atoms with E-state index in [1.54, 1.807) is 0 Å². The molecule has 7 nitrogen and oxygen atoms in total. The predicted molar refractivity (Wildman–Crippen MR) is 81.4 cm³/mol. The van der Waals surface area contributed by atoms with Gasteiger partial charge in [-0.2, -0.15) is 4.98 Å². The molecule has 126 valence electrons. The average molecular weight is 333 g/mol. The summed E-state index contributed by atoms with van der Waals surface area (Å²) in [6.45, 7) is 1.82. The highest BCUT2D eigenvalue weighted by Gasteiger charge is 2.52. The van der Waals surface area contributed by atoms with Crippen LogP contribution >= 0.6 is 0 Å². The van der Waals surface area contributed by atoms with Crippen LogP contribution in [0.25, 0.3) is 0 Å². The molecule has 1 aromatic carbocycles. The number of nitrogens with zero attached hydrogens (tertiary/aromatic N) is 2. The second-order valence-electron chi connectivity index (χ2n) is 5.84. The lowest BCUT2D eigenvalue weighted by atomic mass is 10.1. The Labute approximate surface area is 136 Å². The Morgan fingerprint density at radius 1 is 1.17 bits per heavy atom. The van der Waals surface area contributed by atoms with Crippen LogP contribution in [0, 0.1) is 5.82 Å². The molecule has 2 fully saturated rings. The molecule has 8 heteroatoms. The van der Waals surface area contributed by atoms with Gasteiger partial charge in [0.2, 0.25) is 0 Å². The SMILES string of the molecule is C[C@H]1O[C@@H](n2cc(F)c(N)nc2=O)[C@@H]2OC(c3ccccc3)O[C@@H]21. The smallest absolute Gasteiger partial charge is 0.351 e. The highest BCUT2D eigenvalue weighted by atomic mass is 19.1. The van der Waals surface area contributed by atoms with E-state index >= 15 is 0 Å². The molecule has 5 atom stereocenters. The van der Waals surface area contributed by atoms with E-state index in [0.29, 0.717) is 0 Å². The molecule has 0 aliphatic carbocycles. The van der Waals surface area contributed by atoms with E-state index in [9.17, 15) is 9.18 Å². The second kappa shape index (κ2) is 5.66. The molecule has 0 bridgehead atoms. The molecule has 0 amide bonds. The number of anilines is 1. The number of ether oxygens (including phenoxy) is 3. The van der Waals surface area contributed by atoms with E-state index in [0.717, 1.165) is 16.3 Å². The van der Waals surface area contributed by atoms with Crippen LogP contribution in [-0.4, -0.2) is 27.9 Å². The maximum Gasteiger partial charge on any atom is 0.351 e. The molecule has 2 aliphatic rings. The summed E-state index contributed by atoms with van der Waals surface area (Å²) in [7, 11) is 0. The number of fused-ring (bicyclic) bond motifs is 1. The van der Waals surface area contributed by atoms with Gasteiger partial charge in [-0.25, -0.2) is 9.18 Å². The fourth-order valence-electron chi connectivity index (χ4n) is 3.09. The molecule has 1 unspecified atom stereocenters. The van der Waals surface area contributed by atoms with E-state index in [2.05, 4.69) is 4.98 Å². The van der Waals surface area contributed by atoms with Gasteiger partial charge in [-0.05, 0) is 6.92 Å². The number of halogens is 1. The van der Waals surface area contributed by atoms with E-state index in [-0.39, 0.29) is 12.2 Å². The van der Waals surface area contributed by atoms with Crippen molar-refractivity contribution in [3.63, 3.8) is 0 Å². The van der Waals surface area contributed by atoms with Gasteiger partial charge in [0, 0.05) is 5.56 Å². The van der Waals surface area contributed by atoms with Crippen LogP contribution in [-0.2, 0) is 14.2 Å². The number of hydrogen-bond donors (Lipinski definition) is 1. The van der Waals surface area contributed by atoms with Gasteiger partial charge in [-0.1, -0.05) is 30.3 Å². The van der Waals surface area contributed by atoms with Crippen molar-refractivity contribution in [3.8, 4) is 0 Å². The Morgan fingerprint density at radius 3 is 2.62 bits per heavy atom. The fraction of sp³-hybridized carbons (Fsp3) is 0.375. The topological polar surface area (TPSA) is 88.6 Å². The minimum atomic E-state index is -0.825. The minimum absolute atomic E-state index is 0.318. The molecule has 2 aliphatic heterocycles. The van der Waals surface area contributed by atoms with Crippen molar-refractivity contribution in [2.75, 3.05) is 5.73 Å². The minimum Gasteiger partial charge on any atom is -0.381 e. The van der Waals surface area contributed by atoms with Gasteiger partial charge >= 0.3 is 5.69 Å². The first kappa shape index (κ1) is 15.3. The molecule has 24 heavy (non-hydrogen) atoms. The van der Waals surface area contributed by atoms with E-state index < -0.39 is 35.9 Å². The van der Waals surface area contributed by atoms with Crippen LogP contribution in [0.5, 0.6) is 0 Å². The van der Waals surface area contributed by atoms with Crippen LogP contribution in [0.3, 0.4) is 0 Å². The summed E-state index contributed by atoms with van der Waals surface area (Å²) in [5.74, 6) is -1.22. The number of nitrogen functional groups attached to an aromatic ring is 1. The fourth-order valence-corrected chi connectivity index (χ4v) is 3.09. The molecule has 0 saturated carbocycles. The third-order valence-electron chi connectivity index (χ3n) is 4.26. The predicted octanol–water partition coefficient (Wildman–Crippen LogP) is 1.36. The van der Waals surface area contributed by atoms with Crippen LogP contribution in [0.2, 0.25) is 0 Å². The number of benzene rings is 1. The lowest BCUT2D eigenvalue weighted by Gasteiger charge is -2.20. The second-order valence-corrected chi connectivity index (χ2v) is 5.84. The molecule has 1 aromatic heterocycles. The van der Waals surface area contributed by atoms with Gasteiger partial charge in [-0.3, -0.25) is 4.57 Å². The molecule has 0 radical (unpaired) electrons. The zero-order valence-electron chi connectivity index (χ0n) is 12.8. The molecule has 2 saturated heterocycles. The summed E-state index contributed by atoms with van der Waals surface area (Å²) < 4.78 is 32.4. The highest BCUT2D eigenvalue weighted by Crippen LogP contribution is 2.43. The van der Waals surface area contributed by atoms with Crippen LogP contribution in [0.1, 0.15) is 25.0 Å². The highest BCUT2D eigenvalue weighted by molar-refractivity contribution is 5.26. The van der Waals surface area contributed by atoms with Gasteiger partial charge in [0.15, 0.2) is 24.2 Å². The summed E-state index contributed by atoms with van der Waals surface area (Å²) in [6.07, 6.45) is -1.63. The third-order valence-corrected chi connectivity index (χ3v) is 4.26. The average Bonchev–Trinajstić information content (AvgIpc) is 3.13. The summed E-state index contributed by atoms with van der Waals surface area (Å²) in [5, 5.41) is 0. The van der Waals surface area contributed by atoms with Crippen molar-refractivity contribution in [3.05, 3.63) is 58.4 Å². The van der Waals surface area contributed by atoms with Gasteiger partial charge in [0.25, 0.3) is 0 Å². The summed E-state index contributed by atoms with van der Waals surface area (Å²) in [6, 6.07) is 9.45. The summed E-state index contributed by atoms with van der Waals surface area (Å²) in [4.78, 5) is 15.5. The number of nitrogens with two attached hydrogens (primary N) is 1. The largest absolute Gasteiger partial charge is 0.381 e. The molecule has 2 aromatic rings. The van der Waals surface area contributed by atoms with Crippen molar-refractivity contribution in [1.82, 2.24) is 9.55 Å². The van der Waals surface area contributed by atoms with Gasteiger partial charge in [0.05, 0.1) is 12.3 Å². The molecule has 2 N–H and O–H groups in total. The van der Waals surface area contributed by atoms with E-state index in [4.69, 9.17) is 19.9 Å². The van der Waals surface area contributed by atoms with Gasteiger partial charge < -0.3 is 19.9 Å². The first-order chi connectivity index (χ1) is 11.5. The van der Waals surface area contributed by atoms with Gasteiger partial charge in [0.1, 0.15) is 12.2 Å². The molecule has 3 heterocycles. The zero-order valence-corrected chi connectivity index (χ0v) is 12.8. The van der Waals surface area contributed by atoms with E-state index in [1.165, 1.54) is 0 Å². The van der Waals surface area contributed by atoms with Crippen LogP contribution in [0.15, 0.2) is 41.3 Å². The third kappa shape index (κ3) is 2.39. The molecular formula is C16H16FN3O4. The molecule has 0 spiro atoms. The van der Waals surface area contributed by atoms with Crippen molar-refractivity contribution >= 4 is 5.82 Å².